The molecule has 0 aromatic carbocycles. The summed E-state index contributed by atoms with van der Waals surface area (Å²) in [6.07, 6.45) is -4.93. The topological polar surface area (TPSA) is 160 Å². The molecule has 0 spiro atoms. The van der Waals surface area contributed by atoms with Gasteiger partial charge in [-0.1, -0.05) is 0 Å². The van der Waals surface area contributed by atoms with Gasteiger partial charge in [0.2, 0.25) is 0 Å². The molecule has 11 heteroatoms. The Kier molecular flexibility index (Phi) is 3.61. The van der Waals surface area contributed by atoms with Crippen molar-refractivity contribution in [2.75, 3.05) is 12.3 Å². The second-order valence-corrected chi connectivity index (χ2v) is 5.63. The molecule has 6 N–H and O–H groups in total. The van der Waals surface area contributed by atoms with E-state index < -0.39 is 36.8 Å². The highest BCUT2D eigenvalue weighted by Gasteiger charge is 2.44. The molecule has 1 fully saturated rings. The number of hydrogen-bond donors (Lipinski definition) is 5. The molecule has 2 aromatic rings. The number of nitrogen functional groups attached to an aromatic ring is 1. The summed E-state index contributed by atoms with van der Waals surface area (Å²) in [6.45, 7) is -0.493. The van der Waals surface area contributed by atoms with Gasteiger partial charge < -0.3 is 30.8 Å². The van der Waals surface area contributed by atoms with Crippen LogP contribution in [-0.2, 0) is 4.74 Å². The number of H-pyrrole nitrogens is 1. The fourth-order valence-electron chi connectivity index (χ4n) is 2.31. The van der Waals surface area contributed by atoms with Gasteiger partial charge in [0.05, 0.1) is 6.61 Å². The molecule has 1 saturated heterocycles. The van der Waals surface area contributed by atoms with E-state index in [-0.39, 0.29) is 11.5 Å². The number of aromatic amines is 1. The third-order valence-corrected chi connectivity index (χ3v) is 3.84. The maximum Gasteiger partial charge on any atom is 0.353 e. The first kappa shape index (κ1) is 14.6. The van der Waals surface area contributed by atoms with Gasteiger partial charge in [-0.05, 0) is 22.6 Å². The number of imidazole rings is 1. The number of aliphatic hydroxyl groups is 3. The fourth-order valence-corrected chi connectivity index (χ4v) is 2.81. The second-order valence-electron chi connectivity index (χ2n) is 4.60. The average molecular weight is 409 g/mol. The van der Waals surface area contributed by atoms with Crippen molar-refractivity contribution < 1.29 is 20.1 Å². The summed E-state index contributed by atoms with van der Waals surface area (Å²) in [5, 5.41) is 28.9. The lowest BCUT2D eigenvalue weighted by atomic mass is 10.1. The third-order valence-electron chi connectivity index (χ3n) is 3.33. The van der Waals surface area contributed by atoms with Gasteiger partial charge in [-0.25, -0.2) is 14.3 Å². The molecule has 0 saturated carbocycles. The fraction of sp³-hybridized carbons (Fsp3) is 0.500. The first-order valence-corrected chi connectivity index (χ1v) is 7.07. The Morgan fingerprint density at radius 1 is 1.38 bits per heavy atom. The molecule has 4 atom stereocenters. The van der Waals surface area contributed by atoms with Crippen molar-refractivity contribution in [2.24, 2.45) is 0 Å². The SMILES string of the molecule is Nc1nc(=O)n([C@@H]2OC(CO)[C@@H](O)[C@H]2O)c2nc(I)[nH]c12. The molecule has 114 valence electrons. The van der Waals surface area contributed by atoms with Crippen molar-refractivity contribution in [3.63, 3.8) is 0 Å². The van der Waals surface area contributed by atoms with Crippen LogP contribution in [0, 0.1) is 3.83 Å². The van der Waals surface area contributed by atoms with Crippen LogP contribution in [0.2, 0.25) is 0 Å². The Bertz CT molecular complexity index is 745. The van der Waals surface area contributed by atoms with Crippen molar-refractivity contribution in [2.45, 2.75) is 24.5 Å². The first-order valence-electron chi connectivity index (χ1n) is 5.99. The molecule has 1 unspecified atom stereocenters. The number of halogens is 1. The minimum atomic E-state index is -1.40. The number of aliphatic hydroxyl groups excluding tert-OH is 3. The Morgan fingerprint density at radius 2 is 2.10 bits per heavy atom. The van der Waals surface area contributed by atoms with E-state index in [0.29, 0.717) is 9.35 Å². The van der Waals surface area contributed by atoms with Crippen LogP contribution in [0.4, 0.5) is 5.82 Å². The Labute approximate surface area is 130 Å². The Hall–Kier alpha value is -1.28. The minimum absolute atomic E-state index is 0.0200. The quantitative estimate of drug-likeness (QED) is 0.279. The number of rotatable bonds is 2. The van der Waals surface area contributed by atoms with Gasteiger partial charge in [-0.3, -0.25) is 0 Å². The highest BCUT2D eigenvalue weighted by Crippen LogP contribution is 2.30. The number of ether oxygens (including phenoxy) is 1. The van der Waals surface area contributed by atoms with Crippen LogP contribution in [0.25, 0.3) is 11.2 Å². The first-order chi connectivity index (χ1) is 9.93. The summed E-state index contributed by atoms with van der Waals surface area (Å²) in [5.41, 5.74) is 5.38. The average Bonchev–Trinajstić information content (AvgIpc) is 2.94. The molecule has 1 aliphatic rings. The molecule has 0 aliphatic carbocycles. The van der Waals surface area contributed by atoms with E-state index in [0.717, 1.165) is 4.57 Å². The number of nitrogens with two attached hydrogens (primary N) is 1. The molecular formula is C10H12IN5O5. The zero-order chi connectivity index (χ0) is 15.3. The summed E-state index contributed by atoms with van der Waals surface area (Å²) in [5.74, 6) is -0.0200. The lowest BCUT2D eigenvalue weighted by molar-refractivity contribution is -0.0529. The summed E-state index contributed by atoms with van der Waals surface area (Å²) in [7, 11) is 0. The summed E-state index contributed by atoms with van der Waals surface area (Å²) >= 11 is 1.90. The van der Waals surface area contributed by atoms with Crippen LogP contribution in [0.1, 0.15) is 6.23 Å². The van der Waals surface area contributed by atoms with Crippen molar-refractivity contribution >= 4 is 39.6 Å². The lowest BCUT2D eigenvalue weighted by Crippen LogP contribution is -2.36. The van der Waals surface area contributed by atoms with E-state index in [2.05, 4.69) is 15.0 Å². The highest BCUT2D eigenvalue weighted by atomic mass is 127. The molecule has 0 radical (unpaired) electrons. The van der Waals surface area contributed by atoms with Crippen LogP contribution in [0.15, 0.2) is 4.79 Å². The monoisotopic (exact) mass is 409 g/mol. The molecule has 3 rings (SSSR count). The molecule has 0 bridgehead atoms. The van der Waals surface area contributed by atoms with Crippen LogP contribution in [0.5, 0.6) is 0 Å². The predicted molar refractivity (Wildman–Crippen MR) is 78.3 cm³/mol. The van der Waals surface area contributed by atoms with E-state index in [4.69, 9.17) is 15.6 Å². The maximum atomic E-state index is 12.1. The lowest BCUT2D eigenvalue weighted by Gasteiger charge is -2.17. The minimum Gasteiger partial charge on any atom is -0.394 e. The van der Waals surface area contributed by atoms with Gasteiger partial charge >= 0.3 is 5.69 Å². The molecule has 10 nitrogen and oxygen atoms in total. The predicted octanol–water partition coefficient (Wildman–Crippen LogP) is -2.08. The van der Waals surface area contributed by atoms with Crippen LogP contribution in [0.3, 0.4) is 0 Å². The van der Waals surface area contributed by atoms with Crippen molar-refractivity contribution in [1.29, 1.82) is 0 Å². The van der Waals surface area contributed by atoms with E-state index >= 15 is 0 Å². The molecule has 1 aliphatic heterocycles. The zero-order valence-electron chi connectivity index (χ0n) is 10.5. The molecule has 21 heavy (non-hydrogen) atoms. The normalized spacial score (nSPS) is 29.3. The maximum absolute atomic E-state index is 12.1. The van der Waals surface area contributed by atoms with Gasteiger partial charge in [0.1, 0.15) is 23.8 Å². The number of nitrogens with one attached hydrogen (secondary N) is 1. The Balaban J connectivity index is 2.19. The zero-order valence-corrected chi connectivity index (χ0v) is 12.6. The Morgan fingerprint density at radius 3 is 2.71 bits per heavy atom. The van der Waals surface area contributed by atoms with E-state index in [1.54, 1.807) is 0 Å². The molecular weight excluding hydrogens is 397 g/mol. The highest BCUT2D eigenvalue weighted by molar-refractivity contribution is 14.1. The van der Waals surface area contributed by atoms with Crippen molar-refractivity contribution in [3.05, 3.63) is 14.3 Å². The van der Waals surface area contributed by atoms with Gasteiger partial charge in [-0.2, -0.15) is 4.98 Å². The number of anilines is 1. The number of hydrogen-bond acceptors (Lipinski definition) is 8. The number of nitrogens with zero attached hydrogens (tertiary/aromatic N) is 3. The molecule has 2 aromatic heterocycles. The van der Waals surface area contributed by atoms with E-state index in [1.165, 1.54) is 0 Å². The number of fused-ring (bicyclic) bond motifs is 1. The standard InChI is InChI=1S/C10H12IN5O5/c11-9-13-3-6(12)14-10(20)16(7(3)15-9)8-5(19)4(18)2(1-17)21-8/h2,4-5,8,17-19H,1H2,(H,13,15)(H2,12,14,20)/t2?,4-,5-,8-/m1/s1. The van der Waals surface area contributed by atoms with Gasteiger partial charge in [-0.15, -0.1) is 0 Å². The molecule has 3 heterocycles. The van der Waals surface area contributed by atoms with Gasteiger partial charge in [0.15, 0.2) is 21.5 Å². The van der Waals surface area contributed by atoms with Gasteiger partial charge in [0.25, 0.3) is 0 Å². The van der Waals surface area contributed by atoms with Crippen molar-refractivity contribution in [1.82, 2.24) is 19.5 Å². The van der Waals surface area contributed by atoms with E-state index in [1.807, 2.05) is 22.6 Å². The molecule has 0 amide bonds. The second kappa shape index (κ2) is 5.17. The summed E-state index contributed by atoms with van der Waals surface area (Å²) in [6, 6.07) is 0. The van der Waals surface area contributed by atoms with Gasteiger partial charge in [0, 0.05) is 0 Å². The van der Waals surface area contributed by atoms with Crippen LogP contribution >= 0.6 is 22.6 Å². The smallest absolute Gasteiger partial charge is 0.353 e. The summed E-state index contributed by atoms with van der Waals surface area (Å²) in [4.78, 5) is 22.7. The van der Waals surface area contributed by atoms with Crippen LogP contribution in [-0.4, -0.2) is 59.8 Å². The third kappa shape index (κ3) is 2.20. The summed E-state index contributed by atoms with van der Waals surface area (Å²) < 4.78 is 6.82. The van der Waals surface area contributed by atoms with Crippen molar-refractivity contribution in [3.8, 4) is 0 Å². The van der Waals surface area contributed by atoms with Crippen LogP contribution < -0.4 is 11.4 Å². The van der Waals surface area contributed by atoms with E-state index in [9.17, 15) is 15.0 Å². The number of aromatic nitrogens is 4. The largest absolute Gasteiger partial charge is 0.394 e.